The van der Waals surface area contributed by atoms with Crippen molar-refractivity contribution in [3.8, 4) is 11.3 Å². The topological polar surface area (TPSA) is 49.9 Å². The lowest BCUT2D eigenvalue weighted by Gasteiger charge is -1.99. The number of rotatable bonds is 5. The Kier molecular flexibility index (Phi) is 3.71. The molecule has 0 fully saturated rings. The number of hydrogen-bond donors (Lipinski definition) is 2. The van der Waals surface area contributed by atoms with Gasteiger partial charge in [0.2, 0.25) is 0 Å². The quantitative estimate of drug-likeness (QED) is 0.704. The highest BCUT2D eigenvalue weighted by molar-refractivity contribution is 7.16. The predicted molar refractivity (Wildman–Crippen MR) is 84.5 cm³/mol. The summed E-state index contributed by atoms with van der Waals surface area (Å²) in [5, 5.41) is 5.45. The van der Waals surface area contributed by atoms with Crippen LogP contribution in [0.5, 0.6) is 0 Å². The fourth-order valence-corrected chi connectivity index (χ4v) is 3.10. The number of benzene rings is 1. The first-order valence-corrected chi connectivity index (χ1v) is 7.38. The SMILES string of the molecule is COCCNc1nc(-c2c[nH]c3ccccc23)c(C)s1. The number of ether oxygens (including phenoxy) is 1. The predicted octanol–water partition coefficient (Wildman–Crippen LogP) is 3.66. The first-order chi connectivity index (χ1) is 9.79. The van der Waals surface area contributed by atoms with E-state index in [0.717, 1.165) is 28.5 Å². The third-order valence-electron chi connectivity index (χ3n) is 3.22. The molecule has 1 aromatic carbocycles. The average Bonchev–Trinajstić information content (AvgIpc) is 3.02. The first-order valence-electron chi connectivity index (χ1n) is 6.56. The van der Waals surface area contributed by atoms with Crippen molar-refractivity contribution >= 4 is 27.4 Å². The van der Waals surface area contributed by atoms with Gasteiger partial charge in [0.05, 0.1) is 12.3 Å². The summed E-state index contributed by atoms with van der Waals surface area (Å²) in [5.74, 6) is 0. The fraction of sp³-hybridized carbons (Fsp3) is 0.267. The number of anilines is 1. The van der Waals surface area contributed by atoms with E-state index in [4.69, 9.17) is 9.72 Å². The van der Waals surface area contributed by atoms with Crippen molar-refractivity contribution in [3.05, 3.63) is 35.3 Å². The zero-order chi connectivity index (χ0) is 13.9. The molecule has 0 spiro atoms. The van der Waals surface area contributed by atoms with E-state index in [9.17, 15) is 0 Å². The van der Waals surface area contributed by atoms with Gasteiger partial charge in [-0.2, -0.15) is 0 Å². The van der Waals surface area contributed by atoms with Gasteiger partial charge in [0.1, 0.15) is 0 Å². The Morgan fingerprint density at radius 3 is 3.05 bits per heavy atom. The van der Waals surface area contributed by atoms with Crippen LogP contribution in [0.1, 0.15) is 4.88 Å². The van der Waals surface area contributed by atoms with Crippen molar-refractivity contribution in [2.24, 2.45) is 0 Å². The molecule has 4 nitrogen and oxygen atoms in total. The van der Waals surface area contributed by atoms with Gasteiger partial charge in [0.15, 0.2) is 5.13 Å². The zero-order valence-electron chi connectivity index (χ0n) is 11.6. The second-order valence-corrected chi connectivity index (χ2v) is 5.79. The van der Waals surface area contributed by atoms with Gasteiger partial charge in [-0.25, -0.2) is 4.98 Å². The molecule has 0 aliphatic carbocycles. The number of H-pyrrole nitrogens is 1. The number of nitrogens with one attached hydrogen (secondary N) is 2. The minimum absolute atomic E-state index is 0.682. The Balaban J connectivity index is 1.93. The molecule has 2 aromatic heterocycles. The molecule has 2 heterocycles. The maximum Gasteiger partial charge on any atom is 0.183 e. The van der Waals surface area contributed by atoms with E-state index in [-0.39, 0.29) is 0 Å². The van der Waals surface area contributed by atoms with E-state index in [0.29, 0.717) is 6.61 Å². The Bertz CT molecular complexity index is 717. The molecule has 3 aromatic rings. The molecule has 2 N–H and O–H groups in total. The molecule has 0 saturated carbocycles. The van der Waals surface area contributed by atoms with E-state index < -0.39 is 0 Å². The maximum atomic E-state index is 5.04. The molecule has 0 amide bonds. The number of aromatic nitrogens is 2. The number of para-hydroxylation sites is 1. The van der Waals surface area contributed by atoms with Crippen LogP contribution in [0.2, 0.25) is 0 Å². The van der Waals surface area contributed by atoms with E-state index >= 15 is 0 Å². The summed E-state index contributed by atoms with van der Waals surface area (Å²) in [7, 11) is 1.70. The van der Waals surface area contributed by atoms with Gasteiger partial charge in [-0.15, -0.1) is 11.3 Å². The Labute approximate surface area is 121 Å². The largest absolute Gasteiger partial charge is 0.383 e. The van der Waals surface area contributed by atoms with Crippen LogP contribution in [0.3, 0.4) is 0 Å². The fourth-order valence-electron chi connectivity index (χ4n) is 2.25. The zero-order valence-corrected chi connectivity index (χ0v) is 12.4. The van der Waals surface area contributed by atoms with Crippen LogP contribution in [0.25, 0.3) is 22.2 Å². The van der Waals surface area contributed by atoms with Crippen molar-refractivity contribution in [2.45, 2.75) is 6.92 Å². The van der Waals surface area contributed by atoms with Crippen LogP contribution in [0.15, 0.2) is 30.5 Å². The van der Waals surface area contributed by atoms with E-state index in [1.54, 1.807) is 18.4 Å². The standard InChI is InChI=1S/C15H17N3OS/c1-10-14(18-15(20-10)16-7-8-19-2)12-9-17-13-6-4-3-5-11(12)13/h3-6,9,17H,7-8H2,1-2H3,(H,16,18). The molecule has 0 saturated heterocycles. The molecule has 0 bridgehead atoms. The van der Waals surface area contributed by atoms with E-state index in [1.807, 2.05) is 12.3 Å². The van der Waals surface area contributed by atoms with Gasteiger partial charge in [-0.05, 0) is 13.0 Å². The van der Waals surface area contributed by atoms with Crippen LogP contribution in [0, 0.1) is 6.92 Å². The van der Waals surface area contributed by atoms with Crippen LogP contribution in [-0.2, 0) is 4.74 Å². The monoisotopic (exact) mass is 287 g/mol. The van der Waals surface area contributed by atoms with Crippen molar-refractivity contribution in [2.75, 3.05) is 25.6 Å². The molecule has 0 radical (unpaired) electrons. The van der Waals surface area contributed by atoms with Crippen molar-refractivity contribution in [3.63, 3.8) is 0 Å². The molecular formula is C15H17N3OS. The van der Waals surface area contributed by atoms with Crippen LogP contribution < -0.4 is 5.32 Å². The Hall–Kier alpha value is -1.85. The second-order valence-electron chi connectivity index (χ2n) is 4.59. The van der Waals surface area contributed by atoms with Gasteiger partial charge in [0, 0.05) is 41.2 Å². The smallest absolute Gasteiger partial charge is 0.183 e. The van der Waals surface area contributed by atoms with Crippen LogP contribution in [0.4, 0.5) is 5.13 Å². The molecule has 3 rings (SSSR count). The third-order valence-corrected chi connectivity index (χ3v) is 4.15. The number of methoxy groups -OCH3 is 1. The summed E-state index contributed by atoms with van der Waals surface area (Å²) in [6, 6.07) is 8.30. The van der Waals surface area contributed by atoms with Crippen molar-refractivity contribution < 1.29 is 4.74 Å². The highest BCUT2D eigenvalue weighted by atomic mass is 32.1. The molecule has 5 heteroatoms. The number of aryl methyl sites for hydroxylation is 1. The highest BCUT2D eigenvalue weighted by Gasteiger charge is 2.13. The maximum absolute atomic E-state index is 5.04. The summed E-state index contributed by atoms with van der Waals surface area (Å²) in [5.41, 5.74) is 3.35. The van der Waals surface area contributed by atoms with Gasteiger partial charge < -0.3 is 15.0 Å². The van der Waals surface area contributed by atoms with Crippen molar-refractivity contribution in [1.82, 2.24) is 9.97 Å². The summed E-state index contributed by atoms with van der Waals surface area (Å²) in [6.07, 6.45) is 2.03. The normalized spacial score (nSPS) is 11.1. The minimum atomic E-state index is 0.682. The number of hydrogen-bond acceptors (Lipinski definition) is 4. The molecule has 104 valence electrons. The molecule has 0 aliphatic rings. The van der Waals surface area contributed by atoms with Gasteiger partial charge in [-0.1, -0.05) is 18.2 Å². The molecule has 20 heavy (non-hydrogen) atoms. The summed E-state index contributed by atoms with van der Waals surface area (Å²) in [4.78, 5) is 9.22. The Morgan fingerprint density at radius 2 is 2.20 bits per heavy atom. The van der Waals surface area contributed by atoms with Crippen LogP contribution >= 0.6 is 11.3 Å². The molecule has 0 unspecified atom stereocenters. The lowest BCUT2D eigenvalue weighted by atomic mass is 10.1. The van der Waals surface area contributed by atoms with E-state index in [2.05, 4.69) is 35.4 Å². The lowest BCUT2D eigenvalue weighted by Crippen LogP contribution is -2.06. The third kappa shape index (κ3) is 2.42. The lowest BCUT2D eigenvalue weighted by molar-refractivity contribution is 0.211. The second kappa shape index (κ2) is 5.64. The van der Waals surface area contributed by atoms with E-state index in [1.165, 1.54) is 10.3 Å². The average molecular weight is 287 g/mol. The van der Waals surface area contributed by atoms with Gasteiger partial charge in [0.25, 0.3) is 0 Å². The minimum Gasteiger partial charge on any atom is -0.383 e. The summed E-state index contributed by atoms with van der Waals surface area (Å²) >= 11 is 1.68. The van der Waals surface area contributed by atoms with Gasteiger partial charge in [-0.3, -0.25) is 0 Å². The molecule has 0 atom stereocenters. The number of nitrogens with zero attached hydrogens (tertiary/aromatic N) is 1. The molecule has 0 aliphatic heterocycles. The van der Waals surface area contributed by atoms with Gasteiger partial charge >= 0.3 is 0 Å². The Morgan fingerprint density at radius 1 is 1.35 bits per heavy atom. The highest BCUT2D eigenvalue weighted by Crippen LogP contribution is 2.34. The van der Waals surface area contributed by atoms with Crippen molar-refractivity contribution in [1.29, 1.82) is 0 Å². The van der Waals surface area contributed by atoms with Crippen LogP contribution in [-0.4, -0.2) is 30.2 Å². The summed E-state index contributed by atoms with van der Waals surface area (Å²) in [6.45, 7) is 3.56. The molecular weight excluding hydrogens is 270 g/mol. The number of fused-ring (bicyclic) bond motifs is 1. The first kappa shape index (κ1) is 13.1. The summed E-state index contributed by atoms with van der Waals surface area (Å²) < 4.78 is 5.04. The number of aromatic amines is 1. The number of thiazole rings is 1.